The molecule has 1 saturated heterocycles. The Labute approximate surface area is 154 Å². The summed E-state index contributed by atoms with van der Waals surface area (Å²) in [4.78, 5) is 14.9. The van der Waals surface area contributed by atoms with Crippen LogP contribution in [0.15, 0.2) is 36.5 Å². The lowest BCUT2D eigenvalue weighted by Crippen LogP contribution is -2.49. The van der Waals surface area contributed by atoms with Gasteiger partial charge in [0.25, 0.3) is 5.91 Å². The number of likely N-dealkylation sites (tertiary alicyclic amines) is 1. The summed E-state index contributed by atoms with van der Waals surface area (Å²) in [6.45, 7) is 3.39. The van der Waals surface area contributed by atoms with E-state index in [2.05, 4.69) is 12.0 Å². The summed E-state index contributed by atoms with van der Waals surface area (Å²) >= 11 is 0. The number of hydrogen-bond acceptors (Lipinski definition) is 4. The highest BCUT2D eigenvalue weighted by Gasteiger charge is 2.32. The standard InChI is InChI=1S/C18H24N4O2.ClH/c1-13-8-9-21(15(10-13)11-19)18(23)17-16(24-2)12-22(20-17)14-6-4-3-5-7-14;/h3-7,12-13,15H,8-11,19H2,1-2H3;1H. The van der Waals surface area contributed by atoms with Crippen LogP contribution in [0.3, 0.4) is 0 Å². The molecule has 1 aliphatic heterocycles. The number of benzene rings is 1. The van der Waals surface area contributed by atoms with Crippen molar-refractivity contribution in [3.8, 4) is 11.4 Å². The van der Waals surface area contributed by atoms with Gasteiger partial charge in [-0.15, -0.1) is 12.4 Å². The van der Waals surface area contributed by atoms with Crippen LogP contribution in [0.25, 0.3) is 5.69 Å². The van der Waals surface area contributed by atoms with Gasteiger partial charge in [-0.25, -0.2) is 4.68 Å². The largest absolute Gasteiger partial charge is 0.493 e. The Kier molecular flexibility index (Phi) is 6.45. The van der Waals surface area contributed by atoms with E-state index in [1.165, 1.54) is 0 Å². The maximum absolute atomic E-state index is 13.0. The number of methoxy groups -OCH3 is 1. The van der Waals surface area contributed by atoms with Crippen molar-refractivity contribution in [3.05, 3.63) is 42.2 Å². The topological polar surface area (TPSA) is 73.4 Å². The molecule has 2 heterocycles. The van der Waals surface area contributed by atoms with E-state index >= 15 is 0 Å². The van der Waals surface area contributed by atoms with Crippen molar-refractivity contribution in [2.45, 2.75) is 25.8 Å². The number of amides is 1. The Morgan fingerprint density at radius 1 is 1.36 bits per heavy atom. The van der Waals surface area contributed by atoms with Gasteiger partial charge in [0, 0.05) is 19.1 Å². The number of piperidine rings is 1. The molecule has 2 atom stereocenters. The van der Waals surface area contributed by atoms with Gasteiger partial charge in [0.2, 0.25) is 0 Å². The minimum Gasteiger partial charge on any atom is -0.493 e. The van der Waals surface area contributed by atoms with Crippen molar-refractivity contribution in [1.29, 1.82) is 0 Å². The smallest absolute Gasteiger partial charge is 0.278 e. The van der Waals surface area contributed by atoms with Crippen LogP contribution in [-0.2, 0) is 0 Å². The third-order valence-electron chi connectivity index (χ3n) is 4.63. The number of halogens is 1. The molecule has 1 aromatic heterocycles. The van der Waals surface area contributed by atoms with E-state index in [1.54, 1.807) is 18.0 Å². The average Bonchev–Trinajstić information content (AvgIpc) is 3.06. The highest BCUT2D eigenvalue weighted by atomic mass is 35.5. The van der Waals surface area contributed by atoms with Crippen molar-refractivity contribution in [3.63, 3.8) is 0 Å². The Balaban J connectivity index is 0.00000225. The minimum atomic E-state index is -0.108. The van der Waals surface area contributed by atoms with Gasteiger partial charge in [-0.2, -0.15) is 5.10 Å². The lowest BCUT2D eigenvalue weighted by atomic mass is 9.92. The fourth-order valence-corrected chi connectivity index (χ4v) is 3.25. The molecule has 1 amide bonds. The number of aromatic nitrogens is 2. The van der Waals surface area contributed by atoms with Crippen LogP contribution in [0.4, 0.5) is 0 Å². The lowest BCUT2D eigenvalue weighted by molar-refractivity contribution is 0.0564. The van der Waals surface area contributed by atoms with Crippen molar-refractivity contribution in [1.82, 2.24) is 14.7 Å². The Bertz CT molecular complexity index is 704. The quantitative estimate of drug-likeness (QED) is 0.904. The number of ether oxygens (including phenoxy) is 1. The Morgan fingerprint density at radius 2 is 2.08 bits per heavy atom. The first-order chi connectivity index (χ1) is 11.6. The van der Waals surface area contributed by atoms with Gasteiger partial charge in [-0.3, -0.25) is 4.79 Å². The van der Waals surface area contributed by atoms with E-state index in [-0.39, 0.29) is 24.4 Å². The third kappa shape index (κ3) is 3.96. The summed E-state index contributed by atoms with van der Waals surface area (Å²) in [7, 11) is 1.56. The van der Waals surface area contributed by atoms with Crippen molar-refractivity contribution < 1.29 is 9.53 Å². The first-order valence-electron chi connectivity index (χ1n) is 8.34. The summed E-state index contributed by atoms with van der Waals surface area (Å²) in [5, 5.41) is 4.47. The molecule has 1 aliphatic rings. The van der Waals surface area contributed by atoms with E-state index in [1.807, 2.05) is 35.2 Å². The van der Waals surface area contributed by atoms with Crippen LogP contribution < -0.4 is 10.5 Å². The predicted octanol–water partition coefficient (Wildman–Crippen LogP) is 2.50. The highest BCUT2D eigenvalue weighted by Crippen LogP contribution is 2.27. The number of para-hydroxylation sites is 1. The molecular formula is C18H25ClN4O2. The van der Waals surface area contributed by atoms with Crippen molar-refractivity contribution in [2.75, 3.05) is 20.2 Å². The molecule has 3 rings (SSSR count). The number of carbonyl (C=O) groups is 1. The maximum Gasteiger partial charge on any atom is 0.278 e. The molecule has 2 aromatic rings. The summed E-state index contributed by atoms with van der Waals surface area (Å²) in [6.07, 6.45) is 3.67. The summed E-state index contributed by atoms with van der Waals surface area (Å²) in [5.41, 5.74) is 7.12. The number of nitrogens with two attached hydrogens (primary N) is 1. The van der Waals surface area contributed by atoms with Crippen LogP contribution in [0.2, 0.25) is 0 Å². The van der Waals surface area contributed by atoms with E-state index in [4.69, 9.17) is 10.5 Å². The lowest BCUT2D eigenvalue weighted by Gasteiger charge is -2.37. The zero-order valence-corrected chi connectivity index (χ0v) is 15.4. The average molecular weight is 365 g/mol. The fraction of sp³-hybridized carbons (Fsp3) is 0.444. The van der Waals surface area contributed by atoms with Crippen molar-refractivity contribution in [2.24, 2.45) is 11.7 Å². The fourth-order valence-electron chi connectivity index (χ4n) is 3.25. The molecule has 25 heavy (non-hydrogen) atoms. The molecule has 136 valence electrons. The summed E-state index contributed by atoms with van der Waals surface area (Å²) in [6, 6.07) is 9.74. The van der Waals surface area contributed by atoms with Crippen LogP contribution in [0.1, 0.15) is 30.3 Å². The van der Waals surface area contributed by atoms with Gasteiger partial charge in [0.05, 0.1) is 19.0 Å². The van der Waals surface area contributed by atoms with Gasteiger partial charge in [0.15, 0.2) is 11.4 Å². The number of carbonyl (C=O) groups excluding carboxylic acids is 1. The van der Waals surface area contributed by atoms with Crippen molar-refractivity contribution >= 4 is 18.3 Å². The molecule has 1 fully saturated rings. The first kappa shape index (κ1) is 19.3. The molecule has 0 bridgehead atoms. The van der Waals surface area contributed by atoms with Crippen LogP contribution in [0, 0.1) is 5.92 Å². The number of rotatable bonds is 4. The maximum atomic E-state index is 13.0. The Hall–Kier alpha value is -2.05. The normalized spacial score (nSPS) is 20.0. The van der Waals surface area contributed by atoms with E-state index in [0.29, 0.717) is 30.5 Å². The second kappa shape index (κ2) is 8.36. The van der Waals surface area contributed by atoms with Crippen LogP contribution in [0.5, 0.6) is 5.75 Å². The molecule has 2 N–H and O–H groups in total. The second-order valence-corrected chi connectivity index (χ2v) is 6.34. The second-order valence-electron chi connectivity index (χ2n) is 6.34. The van der Waals surface area contributed by atoms with Crippen LogP contribution >= 0.6 is 12.4 Å². The molecular weight excluding hydrogens is 340 g/mol. The van der Waals surface area contributed by atoms with E-state index < -0.39 is 0 Å². The van der Waals surface area contributed by atoms with Gasteiger partial charge in [-0.05, 0) is 30.9 Å². The van der Waals surface area contributed by atoms with Gasteiger partial charge in [0.1, 0.15) is 0 Å². The number of hydrogen-bond donors (Lipinski definition) is 1. The summed E-state index contributed by atoms with van der Waals surface area (Å²) in [5.74, 6) is 0.966. The molecule has 0 spiro atoms. The van der Waals surface area contributed by atoms with Crippen LogP contribution in [-0.4, -0.2) is 46.8 Å². The zero-order valence-electron chi connectivity index (χ0n) is 14.6. The molecule has 0 saturated carbocycles. The van der Waals surface area contributed by atoms with Gasteiger partial charge >= 0.3 is 0 Å². The third-order valence-corrected chi connectivity index (χ3v) is 4.63. The molecule has 6 nitrogen and oxygen atoms in total. The Morgan fingerprint density at radius 3 is 2.72 bits per heavy atom. The highest BCUT2D eigenvalue weighted by molar-refractivity contribution is 5.95. The molecule has 7 heteroatoms. The summed E-state index contributed by atoms with van der Waals surface area (Å²) < 4.78 is 7.06. The molecule has 2 unspecified atom stereocenters. The first-order valence-corrected chi connectivity index (χ1v) is 8.34. The molecule has 1 aromatic carbocycles. The number of nitrogens with zero attached hydrogens (tertiary/aromatic N) is 3. The van der Waals surface area contributed by atoms with E-state index in [9.17, 15) is 4.79 Å². The minimum absolute atomic E-state index is 0. The van der Waals surface area contributed by atoms with E-state index in [0.717, 1.165) is 18.5 Å². The SMILES string of the molecule is COc1cn(-c2ccccc2)nc1C(=O)N1CCC(C)CC1CN.Cl. The molecule has 0 radical (unpaired) electrons. The van der Waals surface area contributed by atoms with Gasteiger partial charge < -0.3 is 15.4 Å². The zero-order chi connectivity index (χ0) is 17.1. The molecule has 0 aliphatic carbocycles. The predicted molar refractivity (Wildman–Crippen MR) is 99.6 cm³/mol. The van der Waals surface area contributed by atoms with Gasteiger partial charge in [-0.1, -0.05) is 25.1 Å². The monoisotopic (exact) mass is 364 g/mol.